The second-order valence-electron chi connectivity index (χ2n) is 9.39. The number of aryl methyl sites for hydroxylation is 4. The van der Waals surface area contributed by atoms with Crippen molar-refractivity contribution in [1.82, 2.24) is 5.32 Å². The highest BCUT2D eigenvalue weighted by Gasteiger charge is 2.26. The second-order valence-corrected chi connectivity index (χ2v) is 9.39. The van der Waals surface area contributed by atoms with Crippen molar-refractivity contribution in [2.24, 2.45) is 11.8 Å². The van der Waals surface area contributed by atoms with Crippen LogP contribution in [0.4, 0.5) is 0 Å². The zero-order valence-corrected chi connectivity index (χ0v) is 19.7. The summed E-state index contributed by atoms with van der Waals surface area (Å²) < 4.78 is 11.6. The van der Waals surface area contributed by atoms with Crippen LogP contribution in [-0.4, -0.2) is 23.5 Å². The lowest BCUT2D eigenvalue weighted by molar-refractivity contribution is -0.143. The van der Waals surface area contributed by atoms with E-state index in [0.29, 0.717) is 42.9 Å². The molecule has 1 saturated carbocycles. The lowest BCUT2D eigenvalue weighted by atomic mass is 9.82. The highest BCUT2D eigenvalue weighted by atomic mass is 16.4. The zero-order chi connectivity index (χ0) is 23.9. The Labute approximate surface area is 192 Å². The number of amides is 1. The Hall–Kier alpha value is -3.09. The molecule has 0 saturated heterocycles. The molecule has 176 valence electrons. The van der Waals surface area contributed by atoms with Crippen molar-refractivity contribution in [3.05, 3.63) is 44.5 Å². The highest BCUT2D eigenvalue weighted by molar-refractivity contribution is 6.00. The maximum Gasteiger partial charge on any atom is 0.339 e. The fraction of sp³-hybridized carbons (Fsp3) is 0.500. The second kappa shape index (κ2) is 9.04. The van der Waals surface area contributed by atoms with E-state index in [4.69, 9.17) is 13.9 Å². The summed E-state index contributed by atoms with van der Waals surface area (Å²) in [5.41, 5.74) is 4.09. The van der Waals surface area contributed by atoms with Crippen LogP contribution in [0.1, 0.15) is 60.1 Å². The predicted octanol–water partition coefficient (Wildman–Crippen LogP) is 4.71. The van der Waals surface area contributed by atoms with Gasteiger partial charge < -0.3 is 19.3 Å². The minimum atomic E-state index is -0.726. The third-order valence-corrected chi connectivity index (χ3v) is 7.33. The molecule has 0 bridgehead atoms. The van der Waals surface area contributed by atoms with Crippen molar-refractivity contribution in [3.8, 4) is 0 Å². The number of benzene rings is 1. The summed E-state index contributed by atoms with van der Waals surface area (Å²) in [5, 5.41) is 13.9. The number of furan rings is 1. The van der Waals surface area contributed by atoms with Gasteiger partial charge >= 0.3 is 11.6 Å². The molecule has 0 spiro atoms. The number of nitrogens with one attached hydrogen (secondary N) is 1. The van der Waals surface area contributed by atoms with E-state index in [9.17, 15) is 14.4 Å². The Bertz CT molecular complexity index is 1290. The lowest BCUT2D eigenvalue weighted by Crippen LogP contribution is -2.32. The first-order chi connectivity index (χ1) is 15.7. The van der Waals surface area contributed by atoms with Gasteiger partial charge in [-0.25, -0.2) is 4.79 Å². The summed E-state index contributed by atoms with van der Waals surface area (Å²) in [4.78, 5) is 36.3. The zero-order valence-electron chi connectivity index (χ0n) is 19.7. The molecule has 4 rings (SSSR count). The Morgan fingerprint density at radius 3 is 2.27 bits per heavy atom. The third-order valence-electron chi connectivity index (χ3n) is 7.33. The minimum Gasteiger partial charge on any atom is -0.481 e. The molecular formula is C26H31NO6. The standard InChI is InChI=1S/C26H31NO6/c1-13-16(4)32-23-15(3)24-21(11-20(13)23)14(2)19(26(31)33-24)9-10-22(28)27-12-17-5-7-18(8-6-17)25(29)30/h11,17-18H,5-10,12H2,1-4H3,(H,27,28)(H,29,30). The molecule has 3 aromatic rings. The first-order valence-corrected chi connectivity index (χ1v) is 11.6. The molecule has 1 aliphatic rings. The average molecular weight is 454 g/mol. The van der Waals surface area contributed by atoms with Crippen LogP contribution in [0.5, 0.6) is 0 Å². The van der Waals surface area contributed by atoms with E-state index in [1.165, 1.54) is 0 Å². The molecule has 1 amide bonds. The summed E-state index contributed by atoms with van der Waals surface area (Å²) in [6.45, 7) is 8.28. The predicted molar refractivity (Wildman–Crippen MR) is 126 cm³/mol. The lowest BCUT2D eigenvalue weighted by Gasteiger charge is -2.26. The van der Waals surface area contributed by atoms with Crippen LogP contribution < -0.4 is 10.9 Å². The van der Waals surface area contributed by atoms with Crippen molar-refractivity contribution in [2.45, 2.75) is 66.2 Å². The number of carboxylic acid groups (broad SMARTS) is 1. The molecule has 1 aromatic carbocycles. The van der Waals surface area contributed by atoms with Gasteiger partial charge in [-0.15, -0.1) is 0 Å². The number of fused-ring (bicyclic) bond motifs is 2. The molecule has 0 unspecified atom stereocenters. The maximum absolute atomic E-state index is 12.7. The molecule has 0 aliphatic heterocycles. The van der Waals surface area contributed by atoms with Gasteiger partial charge in [-0.05, 0) is 82.9 Å². The molecule has 1 fully saturated rings. The van der Waals surface area contributed by atoms with Crippen LogP contribution in [0, 0.1) is 39.5 Å². The van der Waals surface area contributed by atoms with Gasteiger partial charge in [0.1, 0.15) is 16.9 Å². The number of carboxylic acids is 1. The van der Waals surface area contributed by atoms with E-state index >= 15 is 0 Å². The Morgan fingerprint density at radius 1 is 0.970 bits per heavy atom. The number of hydrogen-bond acceptors (Lipinski definition) is 5. The van der Waals surface area contributed by atoms with Crippen LogP contribution >= 0.6 is 0 Å². The van der Waals surface area contributed by atoms with Crippen LogP contribution in [0.25, 0.3) is 21.9 Å². The van der Waals surface area contributed by atoms with Gasteiger partial charge in [-0.2, -0.15) is 0 Å². The molecule has 2 heterocycles. The summed E-state index contributed by atoms with van der Waals surface area (Å²) >= 11 is 0. The van der Waals surface area contributed by atoms with Gasteiger partial charge in [0.15, 0.2) is 0 Å². The van der Waals surface area contributed by atoms with Crippen LogP contribution in [-0.2, 0) is 16.0 Å². The summed E-state index contributed by atoms with van der Waals surface area (Å²) in [6.07, 6.45) is 3.45. The first kappa shape index (κ1) is 23.1. The van der Waals surface area contributed by atoms with Crippen molar-refractivity contribution in [3.63, 3.8) is 0 Å². The molecule has 0 atom stereocenters. The normalized spacial score (nSPS) is 18.7. The summed E-state index contributed by atoms with van der Waals surface area (Å²) in [7, 11) is 0. The number of rotatable bonds is 6. The smallest absolute Gasteiger partial charge is 0.339 e. The molecule has 7 nitrogen and oxygen atoms in total. The number of aliphatic carboxylic acids is 1. The van der Waals surface area contributed by atoms with E-state index in [2.05, 4.69) is 5.32 Å². The largest absolute Gasteiger partial charge is 0.481 e. The SMILES string of the molecule is Cc1oc2c(C)c3oc(=O)c(CCC(=O)NCC4CCC(C(=O)O)CC4)c(C)c3cc2c1C. The van der Waals surface area contributed by atoms with Gasteiger partial charge in [0, 0.05) is 34.9 Å². The molecule has 2 aromatic heterocycles. The number of carbonyl (C=O) groups excluding carboxylic acids is 1. The van der Waals surface area contributed by atoms with E-state index in [1.807, 2.05) is 33.8 Å². The van der Waals surface area contributed by atoms with E-state index in [-0.39, 0.29) is 18.2 Å². The molecular weight excluding hydrogens is 422 g/mol. The van der Waals surface area contributed by atoms with Crippen LogP contribution in [0.3, 0.4) is 0 Å². The third kappa shape index (κ3) is 4.41. The Kier molecular flexibility index (Phi) is 6.32. The molecule has 33 heavy (non-hydrogen) atoms. The summed E-state index contributed by atoms with van der Waals surface area (Å²) in [5.74, 6) is 0.0609. The number of hydrogen-bond donors (Lipinski definition) is 2. The quantitative estimate of drug-likeness (QED) is 0.523. The molecule has 7 heteroatoms. The van der Waals surface area contributed by atoms with Crippen molar-refractivity contribution < 1.29 is 23.5 Å². The Morgan fingerprint density at radius 2 is 1.61 bits per heavy atom. The monoisotopic (exact) mass is 453 g/mol. The molecule has 1 aliphatic carbocycles. The van der Waals surface area contributed by atoms with Crippen molar-refractivity contribution in [1.29, 1.82) is 0 Å². The topological polar surface area (TPSA) is 110 Å². The van der Waals surface area contributed by atoms with E-state index in [1.54, 1.807) is 0 Å². The van der Waals surface area contributed by atoms with E-state index < -0.39 is 11.6 Å². The van der Waals surface area contributed by atoms with E-state index in [0.717, 1.165) is 51.6 Å². The fourth-order valence-corrected chi connectivity index (χ4v) is 4.98. The van der Waals surface area contributed by atoms with Crippen molar-refractivity contribution >= 4 is 33.8 Å². The first-order valence-electron chi connectivity index (χ1n) is 11.6. The van der Waals surface area contributed by atoms with Gasteiger partial charge in [-0.1, -0.05) is 0 Å². The van der Waals surface area contributed by atoms with Crippen LogP contribution in [0.15, 0.2) is 19.7 Å². The van der Waals surface area contributed by atoms with Gasteiger partial charge in [0.2, 0.25) is 5.91 Å². The van der Waals surface area contributed by atoms with Gasteiger partial charge in [0.25, 0.3) is 0 Å². The molecule has 2 N–H and O–H groups in total. The molecule has 0 radical (unpaired) electrons. The average Bonchev–Trinajstić information content (AvgIpc) is 3.07. The van der Waals surface area contributed by atoms with Gasteiger partial charge in [0.05, 0.1) is 5.92 Å². The maximum atomic E-state index is 12.7. The summed E-state index contributed by atoms with van der Waals surface area (Å²) in [6, 6.07) is 2.01. The number of carbonyl (C=O) groups is 2. The van der Waals surface area contributed by atoms with Gasteiger partial charge in [-0.3, -0.25) is 9.59 Å². The fourth-order valence-electron chi connectivity index (χ4n) is 4.98. The van der Waals surface area contributed by atoms with Crippen LogP contribution in [0.2, 0.25) is 0 Å². The minimum absolute atomic E-state index is 0.109. The van der Waals surface area contributed by atoms with Crippen molar-refractivity contribution in [2.75, 3.05) is 6.54 Å². The Balaban J connectivity index is 1.46. The highest BCUT2D eigenvalue weighted by Crippen LogP contribution is 2.34.